The summed E-state index contributed by atoms with van der Waals surface area (Å²) in [6, 6.07) is 7.47. The lowest BCUT2D eigenvalue weighted by Gasteiger charge is -2.13. The van der Waals surface area contributed by atoms with Crippen LogP contribution in [0.2, 0.25) is 0 Å². The molecule has 124 valence electrons. The van der Waals surface area contributed by atoms with E-state index in [4.69, 9.17) is 17.0 Å². The van der Waals surface area contributed by atoms with Crippen molar-refractivity contribution in [2.75, 3.05) is 11.9 Å². The highest BCUT2D eigenvalue weighted by molar-refractivity contribution is 7.80. The van der Waals surface area contributed by atoms with Gasteiger partial charge in [0.25, 0.3) is 0 Å². The summed E-state index contributed by atoms with van der Waals surface area (Å²) in [5.41, 5.74) is 1.74. The first-order valence-corrected chi connectivity index (χ1v) is 8.42. The topological polar surface area (TPSA) is 50.4 Å². The van der Waals surface area contributed by atoms with Gasteiger partial charge in [-0.3, -0.25) is 4.79 Å². The molecule has 0 atom stereocenters. The molecule has 0 heterocycles. The predicted molar refractivity (Wildman–Crippen MR) is 97.7 cm³/mol. The summed E-state index contributed by atoms with van der Waals surface area (Å²) in [4.78, 5) is 12.0. The van der Waals surface area contributed by atoms with Gasteiger partial charge in [0.05, 0.1) is 0 Å². The number of amides is 1. The monoisotopic (exact) mass is 332 g/mol. The van der Waals surface area contributed by atoms with Gasteiger partial charge in [0, 0.05) is 18.2 Å². The first-order chi connectivity index (χ1) is 11.0. The van der Waals surface area contributed by atoms with E-state index in [1.807, 2.05) is 31.2 Å². The zero-order valence-corrected chi connectivity index (χ0v) is 14.4. The molecule has 1 aliphatic rings. The third kappa shape index (κ3) is 6.40. The fourth-order valence-corrected chi connectivity index (χ4v) is 2.92. The average Bonchev–Trinajstić information content (AvgIpc) is 2.98. The number of thiocarbonyl (C=S) groups is 1. The maximum Gasteiger partial charge on any atom is 0.226 e. The molecule has 0 unspecified atom stereocenters. The second-order valence-electron chi connectivity index (χ2n) is 6.13. The van der Waals surface area contributed by atoms with E-state index in [9.17, 15) is 4.79 Å². The average molecular weight is 332 g/mol. The van der Waals surface area contributed by atoms with E-state index in [1.54, 1.807) is 0 Å². The van der Waals surface area contributed by atoms with Crippen LogP contribution in [0.1, 0.15) is 39.0 Å². The van der Waals surface area contributed by atoms with Gasteiger partial charge in [-0.1, -0.05) is 25.5 Å². The molecule has 1 amide bonds. The van der Waals surface area contributed by atoms with Crippen LogP contribution in [0.15, 0.2) is 36.4 Å². The molecule has 1 aromatic rings. The molecule has 0 saturated heterocycles. The van der Waals surface area contributed by atoms with E-state index in [2.05, 4.69) is 17.2 Å². The molecule has 2 N–H and O–H groups in total. The highest BCUT2D eigenvalue weighted by atomic mass is 32.1. The Labute approximate surface area is 143 Å². The molecule has 1 aliphatic carbocycles. The first kappa shape index (κ1) is 17.5. The van der Waals surface area contributed by atoms with Crippen LogP contribution in [0.4, 0.5) is 5.69 Å². The Morgan fingerprint density at radius 3 is 2.83 bits per heavy atom. The molecular formula is C18H24N2O2S. The molecule has 4 nitrogen and oxygen atoms in total. The predicted octanol–water partition coefficient (Wildman–Crippen LogP) is 4.03. The smallest absolute Gasteiger partial charge is 0.226 e. The normalized spacial score (nSPS) is 14.3. The fourth-order valence-electron chi connectivity index (χ4n) is 2.69. The Kier molecular flexibility index (Phi) is 6.59. The van der Waals surface area contributed by atoms with E-state index in [0.29, 0.717) is 24.1 Å². The largest absolute Gasteiger partial charge is 0.489 e. The SMILES string of the molecule is C=C(C)COc1cccc(NC(=S)NC(=O)CC2CCCC2)c1. The molecule has 1 saturated carbocycles. The molecule has 1 fully saturated rings. The molecule has 0 radical (unpaired) electrons. The molecule has 2 rings (SSSR count). The molecule has 0 aromatic heterocycles. The molecule has 0 aliphatic heterocycles. The summed E-state index contributed by atoms with van der Waals surface area (Å²) in [5, 5.41) is 6.10. The van der Waals surface area contributed by atoms with Crippen LogP contribution in [-0.2, 0) is 4.79 Å². The molecular weight excluding hydrogens is 308 g/mol. The maximum atomic E-state index is 12.0. The van der Waals surface area contributed by atoms with Crippen LogP contribution in [0.25, 0.3) is 0 Å². The van der Waals surface area contributed by atoms with Crippen molar-refractivity contribution < 1.29 is 9.53 Å². The van der Waals surface area contributed by atoms with Gasteiger partial charge in [-0.25, -0.2) is 0 Å². The summed E-state index contributed by atoms with van der Waals surface area (Å²) >= 11 is 5.20. The lowest BCUT2D eigenvalue weighted by molar-refractivity contribution is -0.120. The van der Waals surface area contributed by atoms with Gasteiger partial charge in [0.1, 0.15) is 12.4 Å². The minimum absolute atomic E-state index is 0.0101. The number of hydrogen-bond donors (Lipinski definition) is 2. The van der Waals surface area contributed by atoms with E-state index >= 15 is 0 Å². The number of hydrogen-bond acceptors (Lipinski definition) is 3. The Bertz CT molecular complexity index is 580. The number of benzene rings is 1. The van der Waals surface area contributed by atoms with Crippen molar-refractivity contribution in [3.05, 3.63) is 36.4 Å². The van der Waals surface area contributed by atoms with Crippen LogP contribution in [0.5, 0.6) is 5.75 Å². The first-order valence-electron chi connectivity index (χ1n) is 8.01. The second-order valence-corrected chi connectivity index (χ2v) is 6.54. The number of carbonyl (C=O) groups excluding carboxylic acids is 1. The van der Waals surface area contributed by atoms with Gasteiger partial charge in [-0.05, 0) is 55.6 Å². The third-order valence-corrected chi connectivity index (χ3v) is 3.98. The Hall–Kier alpha value is -1.88. The van der Waals surface area contributed by atoms with Crippen molar-refractivity contribution >= 4 is 28.9 Å². The van der Waals surface area contributed by atoms with Crippen LogP contribution >= 0.6 is 12.2 Å². The standard InChI is InChI=1S/C18H24N2O2S/c1-13(2)12-22-16-9-5-8-15(11-16)19-18(23)20-17(21)10-14-6-3-4-7-14/h5,8-9,11,14H,1,3-4,6-7,10,12H2,2H3,(H2,19,20,21,23). The van der Waals surface area contributed by atoms with Crippen molar-refractivity contribution in [2.45, 2.75) is 39.0 Å². The van der Waals surface area contributed by atoms with Crippen molar-refractivity contribution in [1.29, 1.82) is 0 Å². The Morgan fingerprint density at radius 2 is 2.13 bits per heavy atom. The van der Waals surface area contributed by atoms with Crippen molar-refractivity contribution in [1.82, 2.24) is 5.32 Å². The zero-order valence-electron chi connectivity index (χ0n) is 13.6. The third-order valence-electron chi connectivity index (χ3n) is 3.78. The summed E-state index contributed by atoms with van der Waals surface area (Å²) in [7, 11) is 0. The molecule has 0 spiro atoms. The highest BCUT2D eigenvalue weighted by Gasteiger charge is 2.18. The van der Waals surface area contributed by atoms with Crippen LogP contribution in [0, 0.1) is 5.92 Å². The fraction of sp³-hybridized carbons (Fsp3) is 0.444. The minimum Gasteiger partial charge on any atom is -0.489 e. The quantitative estimate of drug-likeness (QED) is 0.610. The maximum absolute atomic E-state index is 12.0. The van der Waals surface area contributed by atoms with E-state index in [1.165, 1.54) is 12.8 Å². The van der Waals surface area contributed by atoms with Crippen LogP contribution in [-0.4, -0.2) is 17.6 Å². The number of rotatable bonds is 6. The van der Waals surface area contributed by atoms with Gasteiger partial charge in [0.2, 0.25) is 5.91 Å². The van der Waals surface area contributed by atoms with Crippen LogP contribution in [0.3, 0.4) is 0 Å². The van der Waals surface area contributed by atoms with Gasteiger partial charge in [0.15, 0.2) is 5.11 Å². The molecule has 5 heteroatoms. The molecule has 23 heavy (non-hydrogen) atoms. The summed E-state index contributed by atoms with van der Waals surface area (Å²) in [5.74, 6) is 1.24. The van der Waals surface area contributed by atoms with Crippen molar-refractivity contribution in [2.24, 2.45) is 5.92 Å². The highest BCUT2D eigenvalue weighted by Crippen LogP contribution is 2.27. The summed E-state index contributed by atoms with van der Waals surface area (Å²) in [6.07, 6.45) is 5.32. The zero-order chi connectivity index (χ0) is 16.7. The Balaban J connectivity index is 1.80. The molecule has 0 bridgehead atoms. The van der Waals surface area contributed by atoms with Crippen LogP contribution < -0.4 is 15.4 Å². The molecule has 1 aromatic carbocycles. The summed E-state index contributed by atoms with van der Waals surface area (Å²) < 4.78 is 5.59. The van der Waals surface area contributed by atoms with Crippen molar-refractivity contribution in [3.63, 3.8) is 0 Å². The number of ether oxygens (including phenoxy) is 1. The lowest BCUT2D eigenvalue weighted by Crippen LogP contribution is -2.34. The minimum atomic E-state index is -0.0101. The number of anilines is 1. The summed E-state index contributed by atoms with van der Waals surface area (Å²) in [6.45, 7) is 6.20. The van der Waals surface area contributed by atoms with Gasteiger partial charge in [-0.2, -0.15) is 0 Å². The van der Waals surface area contributed by atoms with E-state index < -0.39 is 0 Å². The van der Waals surface area contributed by atoms with Gasteiger partial charge in [-0.15, -0.1) is 0 Å². The van der Waals surface area contributed by atoms with Gasteiger partial charge >= 0.3 is 0 Å². The van der Waals surface area contributed by atoms with E-state index in [-0.39, 0.29) is 5.91 Å². The second kappa shape index (κ2) is 8.67. The van der Waals surface area contributed by atoms with Gasteiger partial charge < -0.3 is 15.4 Å². The number of carbonyl (C=O) groups is 1. The Morgan fingerprint density at radius 1 is 1.39 bits per heavy atom. The van der Waals surface area contributed by atoms with E-state index in [0.717, 1.165) is 29.9 Å². The number of nitrogens with one attached hydrogen (secondary N) is 2. The van der Waals surface area contributed by atoms with Crippen molar-refractivity contribution in [3.8, 4) is 5.75 Å². The lowest BCUT2D eigenvalue weighted by atomic mass is 10.0.